The average Bonchev–Trinajstić information content (AvgIpc) is 3.17. The molecule has 1 aliphatic rings. The van der Waals surface area contributed by atoms with E-state index in [0.717, 1.165) is 66.6 Å². The second-order valence-electron chi connectivity index (χ2n) is 12.4. The summed E-state index contributed by atoms with van der Waals surface area (Å²) in [7, 11) is 0. The van der Waals surface area contributed by atoms with Crippen LogP contribution < -0.4 is 4.74 Å². The van der Waals surface area contributed by atoms with Gasteiger partial charge >= 0.3 is 0 Å². The Kier molecular flexibility index (Phi) is 6.15. The lowest BCUT2D eigenvalue weighted by Gasteiger charge is -2.24. The van der Waals surface area contributed by atoms with Gasteiger partial charge in [-0.15, -0.1) is 0 Å². The fourth-order valence-electron chi connectivity index (χ4n) is 7.14. The number of ether oxygens (including phenoxy) is 1. The summed E-state index contributed by atoms with van der Waals surface area (Å²) in [5.74, 6) is 3.56. The maximum absolute atomic E-state index is 6.66. The number of aromatic nitrogens is 3. The van der Waals surface area contributed by atoms with E-state index >= 15 is 0 Å². The molecule has 4 heteroatoms. The maximum Gasteiger partial charge on any atom is 0.164 e. The van der Waals surface area contributed by atoms with Crippen molar-refractivity contribution in [3.8, 4) is 67.9 Å². The first-order chi connectivity index (χ1) is 24.3. The number of fused-ring (bicyclic) bond motifs is 4. The monoisotopic (exact) mass is 625 g/mol. The number of rotatable bonds is 4. The van der Waals surface area contributed by atoms with Gasteiger partial charge in [0.25, 0.3) is 0 Å². The molecule has 1 aliphatic heterocycles. The molecule has 0 fully saturated rings. The van der Waals surface area contributed by atoms with E-state index in [1.807, 2.05) is 30.3 Å². The van der Waals surface area contributed by atoms with E-state index in [9.17, 15) is 0 Å². The molecule has 8 aromatic carbocycles. The summed E-state index contributed by atoms with van der Waals surface area (Å²) in [5, 5.41) is 6.83. The molecule has 0 unspecified atom stereocenters. The van der Waals surface area contributed by atoms with Gasteiger partial charge in [0.05, 0.1) is 0 Å². The standard InChI is InChI=1S/C45H27N3O/c1-2-12-30(13-3-1)43-46-44(34-23-21-29-11-5-7-15-32(29)27-34)48-45(47-43)37-24-25-40-42-36(37)17-8-18-38(42)41-35(16-9-19-39(41)49-40)33-22-20-28-10-4-6-14-31(28)26-33/h1-27H. The Morgan fingerprint density at radius 1 is 0.347 bits per heavy atom. The fourth-order valence-corrected chi connectivity index (χ4v) is 7.14. The molecular weight excluding hydrogens is 599 g/mol. The zero-order valence-corrected chi connectivity index (χ0v) is 26.3. The van der Waals surface area contributed by atoms with Crippen LogP contribution in [0, 0.1) is 0 Å². The van der Waals surface area contributed by atoms with Crippen molar-refractivity contribution in [1.29, 1.82) is 0 Å². The zero-order chi connectivity index (χ0) is 32.3. The first-order valence-electron chi connectivity index (χ1n) is 16.4. The van der Waals surface area contributed by atoms with E-state index in [1.54, 1.807) is 0 Å². The maximum atomic E-state index is 6.66. The lowest BCUT2D eigenvalue weighted by Crippen LogP contribution is -2.02. The van der Waals surface area contributed by atoms with Gasteiger partial charge in [0.1, 0.15) is 11.5 Å². The van der Waals surface area contributed by atoms with Crippen molar-refractivity contribution in [3.05, 3.63) is 164 Å². The molecule has 0 amide bonds. The molecule has 0 N–H and O–H groups in total. The zero-order valence-electron chi connectivity index (χ0n) is 26.3. The van der Waals surface area contributed by atoms with E-state index in [2.05, 4.69) is 133 Å². The number of nitrogens with zero attached hydrogens (tertiary/aromatic N) is 3. The Morgan fingerprint density at radius 3 is 1.73 bits per heavy atom. The third kappa shape index (κ3) is 4.57. The lowest BCUT2D eigenvalue weighted by molar-refractivity contribution is 0.487. The minimum Gasteiger partial charge on any atom is -0.456 e. The highest BCUT2D eigenvalue weighted by molar-refractivity contribution is 6.11. The topological polar surface area (TPSA) is 47.9 Å². The third-order valence-electron chi connectivity index (χ3n) is 9.49. The molecule has 0 saturated heterocycles. The molecular formula is C45H27N3O. The van der Waals surface area contributed by atoms with Crippen molar-refractivity contribution in [2.75, 3.05) is 0 Å². The summed E-state index contributed by atoms with van der Waals surface area (Å²) in [5.41, 5.74) is 7.32. The lowest BCUT2D eigenvalue weighted by atomic mass is 9.87. The minimum absolute atomic E-state index is 0.620. The smallest absolute Gasteiger partial charge is 0.164 e. The second kappa shape index (κ2) is 11.0. The van der Waals surface area contributed by atoms with Gasteiger partial charge in [-0.25, -0.2) is 15.0 Å². The highest BCUT2D eigenvalue weighted by Crippen LogP contribution is 2.51. The van der Waals surface area contributed by atoms with Crippen LogP contribution in [0.1, 0.15) is 0 Å². The van der Waals surface area contributed by atoms with Crippen LogP contribution in [0.15, 0.2) is 164 Å². The Morgan fingerprint density at radius 2 is 0.959 bits per heavy atom. The van der Waals surface area contributed by atoms with E-state index < -0.39 is 0 Å². The van der Waals surface area contributed by atoms with Gasteiger partial charge in [0, 0.05) is 27.6 Å². The first-order valence-corrected chi connectivity index (χ1v) is 16.4. The predicted octanol–water partition coefficient (Wildman–Crippen LogP) is 11.8. The quantitative estimate of drug-likeness (QED) is 0.195. The van der Waals surface area contributed by atoms with Crippen LogP contribution in [-0.2, 0) is 0 Å². The molecule has 4 nitrogen and oxygen atoms in total. The van der Waals surface area contributed by atoms with Gasteiger partial charge in [-0.05, 0) is 74.0 Å². The summed E-state index contributed by atoms with van der Waals surface area (Å²) < 4.78 is 6.66. The predicted molar refractivity (Wildman–Crippen MR) is 200 cm³/mol. The molecule has 9 aromatic rings. The normalized spacial score (nSPS) is 11.8. The molecule has 228 valence electrons. The van der Waals surface area contributed by atoms with Crippen LogP contribution in [0.4, 0.5) is 0 Å². The van der Waals surface area contributed by atoms with Crippen molar-refractivity contribution in [1.82, 2.24) is 15.0 Å². The van der Waals surface area contributed by atoms with Gasteiger partial charge in [-0.3, -0.25) is 0 Å². The van der Waals surface area contributed by atoms with Crippen molar-refractivity contribution in [3.63, 3.8) is 0 Å². The van der Waals surface area contributed by atoms with Crippen molar-refractivity contribution >= 4 is 32.3 Å². The Bertz CT molecular complexity index is 2750. The Labute approximate surface area is 283 Å². The van der Waals surface area contributed by atoms with Crippen LogP contribution in [0.5, 0.6) is 11.5 Å². The molecule has 0 bridgehead atoms. The van der Waals surface area contributed by atoms with Gasteiger partial charge in [0.15, 0.2) is 17.5 Å². The van der Waals surface area contributed by atoms with E-state index in [4.69, 9.17) is 19.7 Å². The summed E-state index contributed by atoms with van der Waals surface area (Å²) in [4.78, 5) is 15.2. The molecule has 0 radical (unpaired) electrons. The van der Waals surface area contributed by atoms with Gasteiger partial charge in [0.2, 0.25) is 0 Å². The second-order valence-corrected chi connectivity index (χ2v) is 12.4. The Balaban J connectivity index is 1.18. The molecule has 10 rings (SSSR count). The average molecular weight is 626 g/mol. The SMILES string of the molecule is c1ccc(-c2nc(-c3ccc4ccccc4c3)nc(-c3ccc4c5c(cccc35)-c3c(cccc3-c3ccc5ccccc5c3)O4)n2)cc1. The molecule has 0 aliphatic carbocycles. The molecule has 0 atom stereocenters. The molecule has 1 aromatic heterocycles. The number of hydrogen-bond donors (Lipinski definition) is 0. The van der Waals surface area contributed by atoms with Gasteiger partial charge < -0.3 is 4.74 Å². The first kappa shape index (κ1) is 27.5. The van der Waals surface area contributed by atoms with Crippen molar-refractivity contribution in [2.24, 2.45) is 0 Å². The van der Waals surface area contributed by atoms with Crippen LogP contribution in [0.2, 0.25) is 0 Å². The highest BCUT2D eigenvalue weighted by atomic mass is 16.5. The number of benzene rings is 8. The summed E-state index contributed by atoms with van der Waals surface area (Å²) in [6.07, 6.45) is 0. The number of hydrogen-bond acceptors (Lipinski definition) is 4. The minimum atomic E-state index is 0.620. The van der Waals surface area contributed by atoms with E-state index in [0.29, 0.717) is 17.5 Å². The largest absolute Gasteiger partial charge is 0.456 e. The van der Waals surface area contributed by atoms with Crippen LogP contribution in [-0.4, -0.2) is 15.0 Å². The van der Waals surface area contributed by atoms with E-state index in [1.165, 1.54) is 16.2 Å². The van der Waals surface area contributed by atoms with Gasteiger partial charge in [-0.1, -0.05) is 133 Å². The molecule has 49 heavy (non-hydrogen) atoms. The van der Waals surface area contributed by atoms with Crippen LogP contribution >= 0.6 is 0 Å². The van der Waals surface area contributed by atoms with Crippen LogP contribution in [0.3, 0.4) is 0 Å². The summed E-state index contributed by atoms with van der Waals surface area (Å²) in [6.45, 7) is 0. The summed E-state index contributed by atoms with van der Waals surface area (Å²) >= 11 is 0. The fraction of sp³-hybridized carbons (Fsp3) is 0. The third-order valence-corrected chi connectivity index (χ3v) is 9.49. The van der Waals surface area contributed by atoms with Crippen molar-refractivity contribution < 1.29 is 4.74 Å². The van der Waals surface area contributed by atoms with Gasteiger partial charge in [-0.2, -0.15) is 0 Å². The molecule has 0 saturated carbocycles. The van der Waals surface area contributed by atoms with Crippen LogP contribution in [0.25, 0.3) is 88.7 Å². The van der Waals surface area contributed by atoms with Crippen molar-refractivity contribution in [2.45, 2.75) is 0 Å². The summed E-state index contributed by atoms with van der Waals surface area (Å²) in [6, 6.07) is 56.9. The molecule has 0 spiro atoms. The Hall–Kier alpha value is -6.65. The highest BCUT2D eigenvalue weighted by Gasteiger charge is 2.25. The van der Waals surface area contributed by atoms with E-state index in [-0.39, 0.29) is 0 Å². The molecule has 2 heterocycles.